The van der Waals surface area contributed by atoms with Gasteiger partial charge in [0.05, 0.1) is 11.4 Å². The first-order chi connectivity index (χ1) is 12.2. The molecule has 0 amide bonds. The molecular formula is C21H20ClN3. The average Bonchev–Trinajstić information content (AvgIpc) is 3.10. The minimum Gasteiger partial charge on any atom is -0.260 e. The Kier molecular flexibility index (Phi) is 3.53. The van der Waals surface area contributed by atoms with Gasteiger partial charge in [-0.2, -0.15) is 10.2 Å². The van der Waals surface area contributed by atoms with Crippen molar-refractivity contribution in [3.63, 3.8) is 0 Å². The molecule has 0 saturated heterocycles. The van der Waals surface area contributed by atoms with E-state index in [-0.39, 0.29) is 0 Å². The predicted molar refractivity (Wildman–Crippen MR) is 102 cm³/mol. The van der Waals surface area contributed by atoms with Gasteiger partial charge in [-0.15, -0.1) is 0 Å². The Morgan fingerprint density at radius 2 is 1.68 bits per heavy atom. The minimum atomic E-state index is 0.581. The molecule has 0 unspecified atom stereocenters. The third kappa shape index (κ3) is 2.71. The summed E-state index contributed by atoms with van der Waals surface area (Å²) in [6.45, 7) is 0. The number of hydrogen-bond donors (Lipinski definition) is 0. The quantitative estimate of drug-likeness (QED) is 0.752. The number of benzene rings is 1. The van der Waals surface area contributed by atoms with Gasteiger partial charge in [0, 0.05) is 28.9 Å². The fraction of sp³-hybridized carbons (Fsp3) is 0.381. The molecule has 0 bridgehead atoms. The molecule has 0 radical (unpaired) electrons. The summed E-state index contributed by atoms with van der Waals surface area (Å²) in [7, 11) is 0. The molecule has 0 N–H and O–H groups in total. The van der Waals surface area contributed by atoms with E-state index in [0.717, 1.165) is 40.4 Å². The second kappa shape index (κ2) is 5.77. The van der Waals surface area contributed by atoms with E-state index in [1.54, 1.807) is 0 Å². The van der Waals surface area contributed by atoms with Crippen LogP contribution in [0.3, 0.4) is 0 Å². The van der Waals surface area contributed by atoms with Crippen LogP contribution in [0.4, 0.5) is 0 Å². The molecule has 0 atom stereocenters. The molecule has 1 aliphatic heterocycles. The summed E-state index contributed by atoms with van der Waals surface area (Å²) >= 11 is 5.97. The molecule has 1 aromatic heterocycles. The molecule has 1 fully saturated rings. The lowest BCUT2D eigenvalue weighted by Crippen LogP contribution is -2.36. The lowest BCUT2D eigenvalue weighted by Gasteiger charge is -2.45. The van der Waals surface area contributed by atoms with E-state index >= 15 is 0 Å². The van der Waals surface area contributed by atoms with Gasteiger partial charge in [0.15, 0.2) is 0 Å². The Hall–Kier alpha value is -2.00. The van der Waals surface area contributed by atoms with Crippen LogP contribution >= 0.6 is 11.6 Å². The van der Waals surface area contributed by atoms with E-state index < -0.39 is 0 Å². The summed E-state index contributed by atoms with van der Waals surface area (Å²) in [5.74, 6) is 0. The molecule has 2 aliphatic carbocycles. The zero-order valence-corrected chi connectivity index (χ0v) is 14.9. The lowest BCUT2D eigenvalue weighted by molar-refractivity contribution is 0.109. The van der Waals surface area contributed by atoms with Crippen molar-refractivity contribution in [2.24, 2.45) is 15.6 Å². The van der Waals surface area contributed by atoms with Crippen LogP contribution in [0, 0.1) is 5.41 Å². The largest absolute Gasteiger partial charge is 0.260 e. The van der Waals surface area contributed by atoms with Crippen molar-refractivity contribution in [1.29, 1.82) is 0 Å². The number of nitrogens with zero attached hydrogens (tertiary/aromatic N) is 3. The Balaban J connectivity index is 1.34. The highest BCUT2D eigenvalue weighted by molar-refractivity contribution is 6.30. The zero-order valence-electron chi connectivity index (χ0n) is 14.1. The van der Waals surface area contributed by atoms with Crippen LogP contribution in [-0.2, 0) is 12.8 Å². The maximum absolute atomic E-state index is 5.97. The number of hydrogen-bond acceptors (Lipinski definition) is 3. The van der Waals surface area contributed by atoms with Crippen LogP contribution in [-0.4, -0.2) is 16.4 Å². The highest BCUT2D eigenvalue weighted by Gasteiger charge is 2.40. The van der Waals surface area contributed by atoms with Crippen LogP contribution in [0.25, 0.3) is 0 Å². The van der Waals surface area contributed by atoms with E-state index in [0.29, 0.717) is 5.41 Å². The Labute approximate surface area is 152 Å². The van der Waals surface area contributed by atoms with Crippen LogP contribution in [0.15, 0.2) is 46.7 Å². The second-order valence-electron chi connectivity index (χ2n) is 7.64. The third-order valence-corrected chi connectivity index (χ3v) is 6.33. The Morgan fingerprint density at radius 3 is 2.40 bits per heavy atom. The highest BCUT2D eigenvalue weighted by atomic mass is 35.5. The van der Waals surface area contributed by atoms with Gasteiger partial charge >= 0.3 is 0 Å². The summed E-state index contributed by atoms with van der Waals surface area (Å²) in [4.78, 5) is 4.80. The van der Waals surface area contributed by atoms with E-state index in [9.17, 15) is 0 Å². The van der Waals surface area contributed by atoms with Gasteiger partial charge < -0.3 is 0 Å². The van der Waals surface area contributed by atoms with E-state index in [1.807, 2.05) is 30.5 Å². The molecular weight excluding hydrogens is 330 g/mol. The fourth-order valence-electron chi connectivity index (χ4n) is 4.33. The molecule has 3 nitrogen and oxygen atoms in total. The Bertz CT molecular complexity index is 892. The van der Waals surface area contributed by atoms with E-state index in [1.165, 1.54) is 43.4 Å². The van der Waals surface area contributed by atoms with Gasteiger partial charge in [-0.25, -0.2) is 0 Å². The van der Waals surface area contributed by atoms with Crippen molar-refractivity contribution < 1.29 is 0 Å². The Morgan fingerprint density at radius 1 is 0.920 bits per heavy atom. The first-order valence-corrected chi connectivity index (χ1v) is 9.46. The summed E-state index contributed by atoms with van der Waals surface area (Å²) in [5.41, 5.74) is 7.53. The lowest BCUT2D eigenvalue weighted by atomic mass is 9.60. The number of fused-ring (bicyclic) bond motifs is 1. The first-order valence-electron chi connectivity index (χ1n) is 9.08. The van der Waals surface area contributed by atoms with Gasteiger partial charge in [-0.3, -0.25) is 4.98 Å². The third-order valence-electron chi connectivity index (χ3n) is 6.08. The van der Waals surface area contributed by atoms with Crippen molar-refractivity contribution >= 4 is 23.0 Å². The normalized spacial score (nSPS) is 20.7. The summed E-state index contributed by atoms with van der Waals surface area (Å²) in [5, 5.41) is 9.55. The molecule has 2 aromatic rings. The molecule has 2 heterocycles. The van der Waals surface area contributed by atoms with Gasteiger partial charge in [0.1, 0.15) is 0 Å². The number of aromatic nitrogens is 1. The number of rotatable bonds is 2. The number of aryl methyl sites for hydroxylation is 1. The van der Waals surface area contributed by atoms with Gasteiger partial charge in [0.2, 0.25) is 0 Å². The molecule has 25 heavy (non-hydrogen) atoms. The van der Waals surface area contributed by atoms with Crippen molar-refractivity contribution in [2.45, 2.75) is 44.9 Å². The maximum Gasteiger partial charge on any atom is 0.0778 e. The molecule has 1 spiro atoms. The second-order valence-corrected chi connectivity index (χ2v) is 8.07. The highest BCUT2D eigenvalue weighted by Crippen LogP contribution is 2.49. The summed E-state index contributed by atoms with van der Waals surface area (Å²) in [6.07, 6.45) is 10.6. The molecule has 3 aliphatic rings. The number of halogens is 1. The molecule has 1 aromatic carbocycles. The molecule has 126 valence electrons. The van der Waals surface area contributed by atoms with Crippen LogP contribution < -0.4 is 0 Å². The van der Waals surface area contributed by atoms with Crippen LogP contribution in [0.5, 0.6) is 0 Å². The minimum absolute atomic E-state index is 0.581. The van der Waals surface area contributed by atoms with E-state index in [2.05, 4.69) is 16.3 Å². The van der Waals surface area contributed by atoms with Crippen molar-refractivity contribution in [1.82, 2.24) is 4.98 Å². The smallest absolute Gasteiger partial charge is 0.0778 e. The van der Waals surface area contributed by atoms with Crippen LogP contribution in [0.2, 0.25) is 5.02 Å². The first kappa shape index (κ1) is 15.3. The fourth-order valence-corrected chi connectivity index (χ4v) is 4.46. The SMILES string of the molecule is Clc1ccc(C2=NN=C(c3cnc4c(c3)CCC3(CCC3)C4)C2)cc1. The van der Waals surface area contributed by atoms with Gasteiger partial charge in [0.25, 0.3) is 0 Å². The summed E-state index contributed by atoms with van der Waals surface area (Å²) in [6, 6.07) is 10.1. The van der Waals surface area contributed by atoms with Crippen molar-refractivity contribution in [3.8, 4) is 0 Å². The predicted octanol–water partition coefficient (Wildman–Crippen LogP) is 4.99. The van der Waals surface area contributed by atoms with Gasteiger partial charge in [-0.05, 0) is 66.8 Å². The van der Waals surface area contributed by atoms with E-state index in [4.69, 9.17) is 16.6 Å². The summed E-state index contributed by atoms with van der Waals surface area (Å²) < 4.78 is 0. The maximum atomic E-state index is 5.97. The zero-order chi connectivity index (χ0) is 16.9. The average molecular weight is 350 g/mol. The number of pyridine rings is 1. The monoisotopic (exact) mass is 349 g/mol. The molecule has 1 saturated carbocycles. The van der Waals surface area contributed by atoms with Crippen molar-refractivity contribution in [2.75, 3.05) is 0 Å². The molecule has 4 heteroatoms. The molecule has 5 rings (SSSR count). The standard InChI is InChI=1S/C21H20ClN3/c22-17-4-2-14(3-5-17)18-11-19(25-24-18)16-10-15-6-9-21(7-1-8-21)12-20(15)23-13-16/h2-5,10,13H,1,6-9,11-12H2. The van der Waals surface area contributed by atoms with Crippen molar-refractivity contribution in [3.05, 3.63) is 63.9 Å². The van der Waals surface area contributed by atoms with Crippen LogP contribution in [0.1, 0.15) is 54.5 Å². The van der Waals surface area contributed by atoms with Gasteiger partial charge in [-0.1, -0.05) is 30.2 Å². The topological polar surface area (TPSA) is 37.6 Å².